The lowest BCUT2D eigenvalue weighted by atomic mass is 10.3. The van der Waals surface area contributed by atoms with Crippen molar-refractivity contribution in [3.05, 3.63) is 33.7 Å². The highest BCUT2D eigenvalue weighted by Gasteiger charge is 2.15. The molecule has 1 amide bonds. The summed E-state index contributed by atoms with van der Waals surface area (Å²) in [5, 5.41) is 5.07. The first-order chi connectivity index (χ1) is 10.2. The third-order valence-corrected chi connectivity index (χ3v) is 5.01. The fraction of sp³-hybridized carbons (Fsp3) is 0.462. The zero-order chi connectivity index (χ0) is 14.7. The first kappa shape index (κ1) is 14.6. The van der Waals surface area contributed by atoms with Crippen molar-refractivity contribution in [2.75, 3.05) is 31.9 Å². The summed E-state index contributed by atoms with van der Waals surface area (Å²) in [6.07, 6.45) is 1.72. The van der Waals surface area contributed by atoms with Gasteiger partial charge in [0.15, 0.2) is 4.96 Å². The zero-order valence-corrected chi connectivity index (χ0v) is 13.1. The fourth-order valence-corrected chi connectivity index (χ4v) is 3.77. The average molecular weight is 324 g/mol. The van der Waals surface area contributed by atoms with Crippen molar-refractivity contribution in [2.24, 2.45) is 0 Å². The molecule has 6 nitrogen and oxygen atoms in total. The third kappa shape index (κ3) is 3.45. The van der Waals surface area contributed by atoms with Gasteiger partial charge in [0.2, 0.25) is 5.91 Å². The number of aromatic nitrogens is 2. The monoisotopic (exact) mass is 324 g/mol. The summed E-state index contributed by atoms with van der Waals surface area (Å²) in [7, 11) is 0. The van der Waals surface area contributed by atoms with Crippen LogP contribution < -0.4 is 10.9 Å². The Morgan fingerprint density at radius 1 is 1.43 bits per heavy atom. The normalized spacial score (nSPS) is 15.5. The molecule has 0 unspecified atom stereocenters. The molecule has 1 fully saturated rings. The molecule has 0 atom stereocenters. The molecule has 0 saturated carbocycles. The first-order valence-corrected chi connectivity index (χ1v) is 8.79. The molecule has 0 radical (unpaired) electrons. The Bertz CT molecular complexity index is 691. The Hall–Kier alpha value is -1.38. The summed E-state index contributed by atoms with van der Waals surface area (Å²) in [4.78, 5) is 30.9. The molecule has 1 aliphatic rings. The second kappa shape index (κ2) is 6.59. The van der Waals surface area contributed by atoms with Crippen molar-refractivity contribution < 1.29 is 4.79 Å². The summed E-state index contributed by atoms with van der Waals surface area (Å²) in [6.45, 7) is 3.29. The lowest BCUT2D eigenvalue weighted by Crippen LogP contribution is -2.47. The molecule has 1 saturated heterocycles. The van der Waals surface area contributed by atoms with Crippen molar-refractivity contribution in [1.29, 1.82) is 0 Å². The maximum absolute atomic E-state index is 12.0. The van der Waals surface area contributed by atoms with Crippen LogP contribution in [0.1, 0.15) is 5.69 Å². The van der Waals surface area contributed by atoms with E-state index >= 15 is 0 Å². The van der Waals surface area contributed by atoms with E-state index in [1.807, 2.05) is 10.3 Å². The van der Waals surface area contributed by atoms with Gasteiger partial charge in [0.1, 0.15) is 0 Å². The van der Waals surface area contributed by atoms with Crippen molar-refractivity contribution in [3.8, 4) is 0 Å². The highest BCUT2D eigenvalue weighted by atomic mass is 32.2. The number of nitrogens with one attached hydrogen (secondary N) is 1. The molecule has 3 heterocycles. The van der Waals surface area contributed by atoms with Gasteiger partial charge in [-0.2, -0.15) is 0 Å². The summed E-state index contributed by atoms with van der Waals surface area (Å²) in [5.41, 5.74) is 0.672. The second-order valence-electron chi connectivity index (χ2n) is 4.76. The molecule has 0 aliphatic carbocycles. The fourth-order valence-electron chi connectivity index (χ4n) is 2.21. The number of hydrogen-bond acceptors (Lipinski definition) is 6. The van der Waals surface area contributed by atoms with E-state index in [1.165, 1.54) is 27.5 Å². The van der Waals surface area contributed by atoms with Crippen LogP contribution in [0.4, 0.5) is 0 Å². The second-order valence-corrected chi connectivity index (χ2v) is 6.62. The predicted octanol–water partition coefficient (Wildman–Crippen LogP) is 0.421. The van der Waals surface area contributed by atoms with Crippen LogP contribution in [0.15, 0.2) is 22.4 Å². The van der Waals surface area contributed by atoms with Gasteiger partial charge < -0.3 is 10.2 Å². The highest BCUT2D eigenvalue weighted by molar-refractivity contribution is 7.99. The largest absolute Gasteiger partial charge is 0.339 e. The maximum Gasteiger partial charge on any atom is 0.258 e. The SMILES string of the molecule is O=C(CSCc1cc(=O)n2ccsc2n1)N1CCNCC1. The van der Waals surface area contributed by atoms with E-state index in [2.05, 4.69) is 10.3 Å². The Morgan fingerprint density at radius 3 is 3.05 bits per heavy atom. The first-order valence-electron chi connectivity index (χ1n) is 6.76. The highest BCUT2D eigenvalue weighted by Crippen LogP contribution is 2.13. The quantitative estimate of drug-likeness (QED) is 0.883. The Morgan fingerprint density at radius 2 is 2.24 bits per heavy atom. The maximum atomic E-state index is 12.0. The lowest BCUT2D eigenvalue weighted by Gasteiger charge is -2.27. The van der Waals surface area contributed by atoms with Gasteiger partial charge in [0, 0.05) is 49.6 Å². The summed E-state index contributed by atoms with van der Waals surface area (Å²) in [6, 6.07) is 1.54. The van der Waals surface area contributed by atoms with Gasteiger partial charge >= 0.3 is 0 Å². The number of fused-ring (bicyclic) bond motifs is 1. The lowest BCUT2D eigenvalue weighted by molar-refractivity contribution is -0.128. The number of piperazine rings is 1. The minimum atomic E-state index is -0.0646. The van der Waals surface area contributed by atoms with Crippen LogP contribution in [-0.4, -0.2) is 52.1 Å². The van der Waals surface area contributed by atoms with Crippen molar-refractivity contribution in [1.82, 2.24) is 19.6 Å². The van der Waals surface area contributed by atoms with Gasteiger partial charge in [-0.3, -0.25) is 14.0 Å². The molecule has 2 aromatic heterocycles. The minimum Gasteiger partial charge on any atom is -0.339 e. The number of thiazole rings is 1. The number of hydrogen-bond donors (Lipinski definition) is 1. The van der Waals surface area contributed by atoms with E-state index in [0.717, 1.165) is 31.9 Å². The minimum absolute atomic E-state index is 0.0646. The van der Waals surface area contributed by atoms with Crippen LogP contribution in [0.2, 0.25) is 0 Å². The van der Waals surface area contributed by atoms with Crippen LogP contribution in [0.25, 0.3) is 4.96 Å². The van der Waals surface area contributed by atoms with Crippen LogP contribution in [-0.2, 0) is 10.5 Å². The number of nitrogens with zero attached hydrogens (tertiary/aromatic N) is 3. The van der Waals surface area contributed by atoms with E-state index in [9.17, 15) is 9.59 Å². The average Bonchev–Trinajstić information content (AvgIpc) is 2.97. The number of carbonyl (C=O) groups excluding carboxylic acids is 1. The topological polar surface area (TPSA) is 66.7 Å². The Balaban J connectivity index is 1.56. The van der Waals surface area contributed by atoms with Gasteiger partial charge in [-0.1, -0.05) is 0 Å². The summed E-state index contributed by atoms with van der Waals surface area (Å²) in [5.74, 6) is 1.18. The van der Waals surface area contributed by atoms with Gasteiger partial charge in [-0.05, 0) is 0 Å². The van der Waals surface area contributed by atoms with Gasteiger partial charge in [0.25, 0.3) is 5.56 Å². The van der Waals surface area contributed by atoms with Crippen LogP contribution in [0, 0.1) is 0 Å². The number of rotatable bonds is 4. The Labute approximate surface area is 130 Å². The molecular weight excluding hydrogens is 308 g/mol. The van der Waals surface area contributed by atoms with E-state index in [1.54, 1.807) is 12.3 Å². The molecular formula is C13H16N4O2S2. The predicted molar refractivity (Wildman–Crippen MR) is 85.0 cm³/mol. The van der Waals surface area contributed by atoms with Crippen molar-refractivity contribution in [3.63, 3.8) is 0 Å². The molecule has 2 aromatic rings. The molecule has 8 heteroatoms. The number of amides is 1. The van der Waals surface area contributed by atoms with Gasteiger partial charge in [-0.25, -0.2) is 4.98 Å². The Kier molecular flexibility index (Phi) is 4.57. The van der Waals surface area contributed by atoms with Crippen molar-refractivity contribution >= 4 is 34.0 Å². The van der Waals surface area contributed by atoms with Crippen LogP contribution in [0.3, 0.4) is 0 Å². The smallest absolute Gasteiger partial charge is 0.258 e. The van der Waals surface area contributed by atoms with Gasteiger partial charge in [-0.15, -0.1) is 23.1 Å². The molecule has 112 valence electrons. The van der Waals surface area contributed by atoms with Crippen molar-refractivity contribution in [2.45, 2.75) is 5.75 Å². The molecule has 1 N–H and O–H groups in total. The van der Waals surface area contributed by atoms with Crippen LogP contribution >= 0.6 is 23.1 Å². The zero-order valence-electron chi connectivity index (χ0n) is 11.4. The molecule has 1 aliphatic heterocycles. The summed E-state index contributed by atoms with van der Waals surface area (Å²) < 4.78 is 1.53. The molecule has 3 rings (SSSR count). The third-order valence-electron chi connectivity index (χ3n) is 3.30. The molecule has 0 aromatic carbocycles. The van der Waals surface area contributed by atoms with Gasteiger partial charge in [0.05, 0.1) is 11.4 Å². The standard InChI is InChI=1S/C13H16N4O2S2/c18-11-7-10(15-13-17(11)5-6-21-13)8-20-9-12(19)16-3-1-14-2-4-16/h5-7,14H,1-4,8-9H2. The summed E-state index contributed by atoms with van der Waals surface area (Å²) >= 11 is 2.95. The molecule has 21 heavy (non-hydrogen) atoms. The van der Waals surface area contributed by atoms with E-state index in [4.69, 9.17) is 0 Å². The van der Waals surface area contributed by atoms with E-state index in [-0.39, 0.29) is 11.5 Å². The molecule has 0 spiro atoms. The van der Waals surface area contributed by atoms with Crippen LogP contribution in [0.5, 0.6) is 0 Å². The number of thioether (sulfide) groups is 1. The molecule has 0 bridgehead atoms. The van der Waals surface area contributed by atoms with E-state index in [0.29, 0.717) is 16.5 Å². The van der Waals surface area contributed by atoms with E-state index < -0.39 is 0 Å². The number of carbonyl (C=O) groups is 1.